The van der Waals surface area contributed by atoms with Crippen molar-refractivity contribution in [3.05, 3.63) is 143 Å². The van der Waals surface area contributed by atoms with E-state index in [1.165, 1.54) is 118 Å². The first kappa shape index (κ1) is 45.9. The molecular formula is C50H53ClO10. The lowest BCUT2D eigenvalue weighted by molar-refractivity contribution is 0.0713. The molecule has 0 fully saturated rings. The van der Waals surface area contributed by atoms with E-state index in [1.807, 2.05) is 0 Å². The van der Waals surface area contributed by atoms with Crippen LogP contribution in [0.5, 0.6) is 34.5 Å². The van der Waals surface area contributed by atoms with Gasteiger partial charge in [0.2, 0.25) is 0 Å². The molecule has 0 aromatic heterocycles. The number of carbonyl (C=O) groups is 4. The van der Waals surface area contributed by atoms with Crippen LogP contribution >= 0.6 is 11.6 Å². The molecule has 5 aromatic carbocycles. The summed E-state index contributed by atoms with van der Waals surface area (Å²) in [5.41, 5.74) is 0.823. The van der Waals surface area contributed by atoms with Crippen LogP contribution in [0, 0.1) is 0 Å². The van der Waals surface area contributed by atoms with Gasteiger partial charge in [-0.05, 0) is 122 Å². The summed E-state index contributed by atoms with van der Waals surface area (Å²) in [6.45, 7) is 5.65. The third-order valence-corrected chi connectivity index (χ3v) is 10.0. The molecule has 0 spiro atoms. The smallest absolute Gasteiger partial charge is 0.345 e. The van der Waals surface area contributed by atoms with E-state index in [9.17, 15) is 19.2 Å². The van der Waals surface area contributed by atoms with Gasteiger partial charge in [0.25, 0.3) is 0 Å². The van der Waals surface area contributed by atoms with Crippen molar-refractivity contribution in [2.24, 2.45) is 0 Å². The first-order valence-electron chi connectivity index (χ1n) is 21.1. The normalized spacial score (nSPS) is 10.7. The standard InChI is InChI=1S/C50H53ClO10/c1-3-5-7-9-11-13-34-56-39-24-18-36(19-25-39)47(52)58-41-28-22-38(23-29-41)49(54)61-45-17-15-16-44(46(45)51)50(55)60-43-32-30-42(31-33-43)59-48(53)37-20-26-40(27-21-37)57-35-14-12-10-8-6-4-2/h15-33H,3-14,34-35H2,1-2H3. The summed E-state index contributed by atoms with van der Waals surface area (Å²) in [4.78, 5) is 51.6. The maximum atomic E-state index is 13.1. The fourth-order valence-corrected chi connectivity index (χ4v) is 6.40. The molecule has 0 radical (unpaired) electrons. The Kier molecular flexibility index (Phi) is 18.7. The van der Waals surface area contributed by atoms with E-state index in [1.54, 1.807) is 48.5 Å². The van der Waals surface area contributed by atoms with Crippen molar-refractivity contribution in [3.8, 4) is 34.5 Å². The molecule has 0 saturated carbocycles. The van der Waals surface area contributed by atoms with Crippen molar-refractivity contribution in [1.82, 2.24) is 0 Å². The van der Waals surface area contributed by atoms with Crippen LogP contribution in [0.1, 0.15) is 132 Å². The van der Waals surface area contributed by atoms with E-state index >= 15 is 0 Å². The highest BCUT2D eigenvalue weighted by atomic mass is 35.5. The van der Waals surface area contributed by atoms with Crippen LogP contribution in [0.25, 0.3) is 0 Å². The van der Waals surface area contributed by atoms with E-state index in [4.69, 9.17) is 40.0 Å². The number of esters is 4. The van der Waals surface area contributed by atoms with E-state index in [2.05, 4.69) is 13.8 Å². The summed E-state index contributed by atoms with van der Waals surface area (Å²) in [6, 6.07) is 29.7. The molecule has 10 nitrogen and oxygen atoms in total. The van der Waals surface area contributed by atoms with Gasteiger partial charge in [-0.15, -0.1) is 0 Å². The molecule has 61 heavy (non-hydrogen) atoms. The molecule has 0 aliphatic rings. The molecule has 5 aromatic rings. The lowest BCUT2D eigenvalue weighted by Crippen LogP contribution is -2.13. The Labute approximate surface area is 363 Å². The summed E-state index contributed by atoms with van der Waals surface area (Å²) < 4.78 is 33.6. The van der Waals surface area contributed by atoms with Gasteiger partial charge in [0.1, 0.15) is 28.7 Å². The Morgan fingerprint density at radius 3 is 1.16 bits per heavy atom. The molecule has 11 heteroatoms. The van der Waals surface area contributed by atoms with Gasteiger partial charge in [-0.25, -0.2) is 19.2 Å². The Morgan fingerprint density at radius 1 is 0.393 bits per heavy atom. The fraction of sp³-hybridized carbons (Fsp3) is 0.320. The second-order valence-corrected chi connectivity index (χ2v) is 14.8. The minimum atomic E-state index is -0.798. The molecule has 0 unspecified atom stereocenters. The molecule has 320 valence electrons. The highest BCUT2D eigenvalue weighted by Gasteiger charge is 2.20. The highest BCUT2D eigenvalue weighted by molar-refractivity contribution is 6.35. The number of hydrogen-bond donors (Lipinski definition) is 0. The summed E-state index contributed by atoms with van der Waals surface area (Å²) in [5.74, 6) is -0.697. The summed E-state index contributed by atoms with van der Waals surface area (Å²) >= 11 is 6.50. The van der Waals surface area contributed by atoms with E-state index in [0.717, 1.165) is 25.7 Å². The first-order valence-corrected chi connectivity index (χ1v) is 21.4. The Hall–Kier alpha value is -6.13. The van der Waals surface area contributed by atoms with Gasteiger partial charge in [-0.2, -0.15) is 0 Å². The summed E-state index contributed by atoms with van der Waals surface area (Å²) in [6.07, 6.45) is 14.1. The van der Waals surface area contributed by atoms with Gasteiger partial charge in [0.15, 0.2) is 5.75 Å². The SMILES string of the molecule is CCCCCCCCOc1ccc(C(=O)Oc2ccc(OC(=O)c3cccc(OC(=O)c4ccc(OC(=O)c5ccc(OCCCCCCCC)cc5)cc4)c3Cl)cc2)cc1. The van der Waals surface area contributed by atoms with Crippen LogP contribution in [0.3, 0.4) is 0 Å². The molecule has 0 saturated heterocycles. The van der Waals surface area contributed by atoms with Gasteiger partial charge in [-0.3, -0.25) is 0 Å². The van der Waals surface area contributed by atoms with Crippen molar-refractivity contribution in [2.75, 3.05) is 13.2 Å². The molecule has 0 heterocycles. The largest absolute Gasteiger partial charge is 0.494 e. The predicted molar refractivity (Wildman–Crippen MR) is 235 cm³/mol. The van der Waals surface area contributed by atoms with E-state index in [-0.39, 0.29) is 39.1 Å². The van der Waals surface area contributed by atoms with Gasteiger partial charge in [-0.1, -0.05) is 95.7 Å². The van der Waals surface area contributed by atoms with Crippen LogP contribution in [-0.4, -0.2) is 37.1 Å². The van der Waals surface area contributed by atoms with Gasteiger partial charge >= 0.3 is 23.9 Å². The van der Waals surface area contributed by atoms with Crippen molar-refractivity contribution in [2.45, 2.75) is 90.9 Å². The third-order valence-electron chi connectivity index (χ3n) is 9.64. The Bertz CT molecular complexity index is 2150. The first-order chi connectivity index (χ1) is 29.7. The quantitative estimate of drug-likeness (QED) is 0.0337. The lowest BCUT2D eigenvalue weighted by Gasteiger charge is -2.11. The number of halogens is 1. The third kappa shape index (κ3) is 15.1. The second-order valence-electron chi connectivity index (χ2n) is 14.5. The molecule has 0 bridgehead atoms. The number of unbranched alkanes of at least 4 members (excludes halogenated alkanes) is 10. The minimum absolute atomic E-state index is 0.0402. The number of hydrogen-bond acceptors (Lipinski definition) is 10. The van der Waals surface area contributed by atoms with Crippen molar-refractivity contribution in [3.63, 3.8) is 0 Å². The minimum Gasteiger partial charge on any atom is -0.494 e. The predicted octanol–water partition coefficient (Wildman–Crippen LogP) is 12.7. The molecule has 0 aliphatic carbocycles. The van der Waals surface area contributed by atoms with Crippen LogP contribution in [0.2, 0.25) is 5.02 Å². The zero-order valence-electron chi connectivity index (χ0n) is 34.8. The van der Waals surface area contributed by atoms with Gasteiger partial charge < -0.3 is 28.4 Å². The molecular weight excluding hydrogens is 796 g/mol. The highest BCUT2D eigenvalue weighted by Crippen LogP contribution is 2.31. The Balaban J connectivity index is 1.06. The molecule has 0 N–H and O–H groups in total. The molecule has 0 atom stereocenters. The van der Waals surface area contributed by atoms with Crippen molar-refractivity contribution >= 4 is 35.5 Å². The van der Waals surface area contributed by atoms with Gasteiger partial charge in [0.05, 0.1) is 40.5 Å². The number of rotatable bonds is 24. The maximum absolute atomic E-state index is 13.1. The van der Waals surface area contributed by atoms with E-state index in [0.29, 0.717) is 35.8 Å². The summed E-state index contributed by atoms with van der Waals surface area (Å²) in [7, 11) is 0. The molecule has 5 rings (SSSR count). The van der Waals surface area contributed by atoms with Crippen LogP contribution in [0.4, 0.5) is 0 Å². The topological polar surface area (TPSA) is 124 Å². The second kappa shape index (κ2) is 24.8. The van der Waals surface area contributed by atoms with Crippen LogP contribution < -0.4 is 28.4 Å². The maximum Gasteiger partial charge on any atom is 0.345 e. The average molecular weight is 849 g/mol. The van der Waals surface area contributed by atoms with Crippen molar-refractivity contribution < 1.29 is 47.6 Å². The van der Waals surface area contributed by atoms with Crippen LogP contribution in [0.15, 0.2) is 115 Å². The zero-order chi connectivity index (χ0) is 43.2. The summed E-state index contributed by atoms with van der Waals surface area (Å²) in [5, 5.41) is -0.130. The average Bonchev–Trinajstić information content (AvgIpc) is 3.27. The van der Waals surface area contributed by atoms with Crippen LogP contribution in [-0.2, 0) is 0 Å². The van der Waals surface area contributed by atoms with Gasteiger partial charge in [0, 0.05) is 0 Å². The van der Waals surface area contributed by atoms with E-state index < -0.39 is 23.9 Å². The number of carbonyl (C=O) groups excluding carboxylic acids is 4. The molecule has 0 aliphatic heterocycles. The Morgan fingerprint density at radius 2 is 0.738 bits per heavy atom. The monoisotopic (exact) mass is 848 g/mol. The van der Waals surface area contributed by atoms with Crippen molar-refractivity contribution in [1.29, 1.82) is 0 Å². The molecule has 0 amide bonds. The zero-order valence-corrected chi connectivity index (χ0v) is 35.6. The number of benzene rings is 5. The number of ether oxygens (including phenoxy) is 6. The lowest BCUT2D eigenvalue weighted by atomic mass is 10.1. The fourth-order valence-electron chi connectivity index (χ4n) is 6.15.